The van der Waals surface area contributed by atoms with E-state index in [4.69, 9.17) is 17.3 Å². The van der Waals surface area contributed by atoms with Crippen molar-refractivity contribution in [1.82, 2.24) is 0 Å². The van der Waals surface area contributed by atoms with Gasteiger partial charge in [0.2, 0.25) is 5.91 Å². The standard InChI is InChI=1S/C15H14ClNO/c16-13-8-6-11(7-9-13)10-14(15(17)18)12-4-2-1-3-5-12/h1-9,14H,10H2,(H2,17,18). The molecule has 0 fully saturated rings. The van der Waals surface area contributed by atoms with Crippen LogP contribution in [0.2, 0.25) is 5.02 Å². The molecule has 0 spiro atoms. The molecule has 0 heterocycles. The fraction of sp³-hybridized carbons (Fsp3) is 0.133. The minimum atomic E-state index is -0.309. The molecule has 0 saturated carbocycles. The van der Waals surface area contributed by atoms with Crippen LogP contribution in [0.3, 0.4) is 0 Å². The molecule has 0 bridgehead atoms. The number of benzene rings is 2. The van der Waals surface area contributed by atoms with Crippen molar-refractivity contribution in [3.8, 4) is 0 Å². The highest BCUT2D eigenvalue weighted by Crippen LogP contribution is 2.21. The Morgan fingerprint density at radius 3 is 2.22 bits per heavy atom. The van der Waals surface area contributed by atoms with Crippen LogP contribution in [0.5, 0.6) is 0 Å². The summed E-state index contributed by atoms with van der Waals surface area (Å²) in [6.07, 6.45) is 0.594. The van der Waals surface area contributed by atoms with E-state index in [0.717, 1.165) is 11.1 Å². The summed E-state index contributed by atoms with van der Waals surface area (Å²) in [6.45, 7) is 0. The van der Waals surface area contributed by atoms with Crippen molar-refractivity contribution in [1.29, 1.82) is 0 Å². The van der Waals surface area contributed by atoms with Gasteiger partial charge in [-0.15, -0.1) is 0 Å². The molecule has 1 amide bonds. The highest BCUT2D eigenvalue weighted by molar-refractivity contribution is 6.30. The minimum Gasteiger partial charge on any atom is -0.369 e. The van der Waals surface area contributed by atoms with Crippen LogP contribution >= 0.6 is 11.6 Å². The van der Waals surface area contributed by atoms with Gasteiger partial charge in [0.15, 0.2) is 0 Å². The van der Waals surface area contributed by atoms with Crippen molar-refractivity contribution < 1.29 is 4.79 Å². The highest BCUT2D eigenvalue weighted by atomic mass is 35.5. The summed E-state index contributed by atoms with van der Waals surface area (Å²) in [6, 6.07) is 17.1. The molecule has 2 nitrogen and oxygen atoms in total. The van der Waals surface area contributed by atoms with Crippen LogP contribution in [0.25, 0.3) is 0 Å². The van der Waals surface area contributed by atoms with Crippen molar-refractivity contribution in [2.24, 2.45) is 5.73 Å². The third-order valence-electron chi connectivity index (χ3n) is 2.90. The predicted octanol–water partition coefficient (Wildman–Crippen LogP) is 3.15. The number of hydrogen-bond acceptors (Lipinski definition) is 1. The van der Waals surface area contributed by atoms with Crippen LogP contribution in [0.15, 0.2) is 54.6 Å². The molecule has 1 atom stereocenters. The second kappa shape index (κ2) is 5.69. The van der Waals surface area contributed by atoms with Crippen LogP contribution < -0.4 is 5.73 Å². The zero-order valence-corrected chi connectivity index (χ0v) is 10.6. The number of halogens is 1. The molecule has 0 saturated heterocycles. The summed E-state index contributed by atoms with van der Waals surface area (Å²) in [5, 5.41) is 0.689. The van der Waals surface area contributed by atoms with Gasteiger partial charge in [0, 0.05) is 5.02 Å². The smallest absolute Gasteiger partial charge is 0.225 e. The SMILES string of the molecule is NC(=O)C(Cc1ccc(Cl)cc1)c1ccccc1. The van der Waals surface area contributed by atoms with Gasteiger partial charge in [-0.25, -0.2) is 0 Å². The Balaban J connectivity index is 2.22. The van der Waals surface area contributed by atoms with Gasteiger partial charge < -0.3 is 5.73 Å². The van der Waals surface area contributed by atoms with E-state index in [1.54, 1.807) is 0 Å². The first-order chi connectivity index (χ1) is 8.66. The van der Waals surface area contributed by atoms with E-state index < -0.39 is 0 Å². The van der Waals surface area contributed by atoms with E-state index in [-0.39, 0.29) is 11.8 Å². The fourth-order valence-corrected chi connectivity index (χ4v) is 2.05. The van der Waals surface area contributed by atoms with Crippen molar-refractivity contribution in [3.63, 3.8) is 0 Å². The first-order valence-electron chi connectivity index (χ1n) is 5.75. The molecule has 18 heavy (non-hydrogen) atoms. The molecule has 2 aromatic rings. The monoisotopic (exact) mass is 259 g/mol. The summed E-state index contributed by atoms with van der Waals surface area (Å²) in [5.41, 5.74) is 7.47. The van der Waals surface area contributed by atoms with E-state index in [1.807, 2.05) is 54.6 Å². The number of rotatable bonds is 4. The summed E-state index contributed by atoms with van der Waals surface area (Å²) in [7, 11) is 0. The molecular weight excluding hydrogens is 246 g/mol. The largest absolute Gasteiger partial charge is 0.369 e. The van der Waals surface area contributed by atoms with Gasteiger partial charge in [0.25, 0.3) is 0 Å². The first kappa shape index (κ1) is 12.7. The first-order valence-corrected chi connectivity index (χ1v) is 6.13. The number of carbonyl (C=O) groups is 1. The summed E-state index contributed by atoms with van der Waals surface area (Å²) in [5.74, 6) is -0.608. The van der Waals surface area contributed by atoms with Crippen LogP contribution in [0, 0.1) is 0 Å². The third-order valence-corrected chi connectivity index (χ3v) is 3.15. The Morgan fingerprint density at radius 2 is 1.67 bits per heavy atom. The number of primary amides is 1. The van der Waals surface area contributed by atoms with Gasteiger partial charge in [-0.1, -0.05) is 54.1 Å². The minimum absolute atomic E-state index is 0.299. The molecule has 0 radical (unpaired) electrons. The lowest BCUT2D eigenvalue weighted by Crippen LogP contribution is -2.23. The Kier molecular flexibility index (Phi) is 4.00. The Morgan fingerprint density at radius 1 is 1.06 bits per heavy atom. The van der Waals surface area contributed by atoms with Gasteiger partial charge >= 0.3 is 0 Å². The van der Waals surface area contributed by atoms with Crippen LogP contribution in [-0.2, 0) is 11.2 Å². The van der Waals surface area contributed by atoms with E-state index in [1.165, 1.54) is 0 Å². The molecule has 2 aromatic carbocycles. The maximum absolute atomic E-state index is 11.6. The lowest BCUT2D eigenvalue weighted by atomic mass is 9.91. The number of nitrogens with two attached hydrogens (primary N) is 1. The topological polar surface area (TPSA) is 43.1 Å². The maximum Gasteiger partial charge on any atom is 0.225 e. The second-order valence-electron chi connectivity index (χ2n) is 4.20. The van der Waals surface area contributed by atoms with Gasteiger partial charge in [-0.05, 0) is 29.7 Å². The zero-order valence-electron chi connectivity index (χ0n) is 9.84. The van der Waals surface area contributed by atoms with E-state index >= 15 is 0 Å². The predicted molar refractivity (Wildman–Crippen MR) is 73.5 cm³/mol. The highest BCUT2D eigenvalue weighted by Gasteiger charge is 2.17. The molecular formula is C15H14ClNO. The van der Waals surface area contributed by atoms with Crippen molar-refractivity contribution in [2.45, 2.75) is 12.3 Å². The average Bonchev–Trinajstić information content (AvgIpc) is 2.38. The maximum atomic E-state index is 11.6. The lowest BCUT2D eigenvalue weighted by Gasteiger charge is -2.13. The Bertz CT molecular complexity index is 522. The van der Waals surface area contributed by atoms with Crippen molar-refractivity contribution in [3.05, 3.63) is 70.7 Å². The molecule has 0 aliphatic heterocycles. The Labute approximate surface area is 111 Å². The van der Waals surface area contributed by atoms with Crippen LogP contribution in [0.4, 0.5) is 0 Å². The van der Waals surface area contributed by atoms with Crippen LogP contribution in [0.1, 0.15) is 17.0 Å². The van der Waals surface area contributed by atoms with E-state index in [2.05, 4.69) is 0 Å². The van der Waals surface area contributed by atoms with E-state index in [0.29, 0.717) is 11.4 Å². The number of hydrogen-bond donors (Lipinski definition) is 1. The van der Waals surface area contributed by atoms with Gasteiger partial charge in [-0.3, -0.25) is 4.79 Å². The molecule has 3 heteroatoms. The molecule has 1 unspecified atom stereocenters. The molecule has 0 aliphatic rings. The van der Waals surface area contributed by atoms with Crippen molar-refractivity contribution >= 4 is 17.5 Å². The molecule has 0 aliphatic carbocycles. The third kappa shape index (κ3) is 3.11. The summed E-state index contributed by atoms with van der Waals surface area (Å²) < 4.78 is 0. The quantitative estimate of drug-likeness (QED) is 0.901. The lowest BCUT2D eigenvalue weighted by molar-refractivity contribution is -0.119. The fourth-order valence-electron chi connectivity index (χ4n) is 1.92. The second-order valence-corrected chi connectivity index (χ2v) is 4.63. The zero-order chi connectivity index (χ0) is 13.0. The average molecular weight is 260 g/mol. The summed E-state index contributed by atoms with van der Waals surface area (Å²) >= 11 is 5.84. The molecule has 0 aromatic heterocycles. The van der Waals surface area contributed by atoms with Crippen molar-refractivity contribution in [2.75, 3.05) is 0 Å². The molecule has 92 valence electrons. The normalized spacial score (nSPS) is 12.1. The summed E-state index contributed by atoms with van der Waals surface area (Å²) in [4.78, 5) is 11.6. The molecule has 2 N–H and O–H groups in total. The van der Waals surface area contributed by atoms with Gasteiger partial charge in [0.05, 0.1) is 5.92 Å². The molecule has 2 rings (SSSR count). The van der Waals surface area contributed by atoms with Gasteiger partial charge in [0.1, 0.15) is 0 Å². The Hall–Kier alpha value is -1.80. The number of carbonyl (C=O) groups excluding carboxylic acids is 1. The number of amides is 1. The van der Waals surface area contributed by atoms with Crippen LogP contribution in [-0.4, -0.2) is 5.91 Å². The van der Waals surface area contributed by atoms with E-state index in [9.17, 15) is 4.79 Å². The van der Waals surface area contributed by atoms with Gasteiger partial charge in [-0.2, -0.15) is 0 Å².